The fourth-order valence-electron chi connectivity index (χ4n) is 3.28. The van der Waals surface area contributed by atoms with Gasteiger partial charge in [0, 0.05) is 45.6 Å². The van der Waals surface area contributed by atoms with Gasteiger partial charge in [-0.2, -0.15) is 0 Å². The Morgan fingerprint density at radius 3 is 2.72 bits per heavy atom. The van der Waals surface area contributed by atoms with Gasteiger partial charge in [0.15, 0.2) is 0 Å². The minimum Gasteiger partial charge on any atom is -0.343 e. The minimum absolute atomic E-state index is 0.0307. The van der Waals surface area contributed by atoms with Gasteiger partial charge in [0.1, 0.15) is 5.82 Å². The highest BCUT2D eigenvalue weighted by Crippen LogP contribution is 2.24. The van der Waals surface area contributed by atoms with Gasteiger partial charge in [-0.3, -0.25) is 9.59 Å². The molecule has 0 spiro atoms. The zero-order chi connectivity index (χ0) is 18.2. The summed E-state index contributed by atoms with van der Waals surface area (Å²) >= 11 is 0. The van der Waals surface area contributed by atoms with E-state index in [1.807, 2.05) is 24.8 Å². The molecule has 1 fully saturated rings. The Balaban J connectivity index is 1.93. The largest absolute Gasteiger partial charge is 0.343 e. The molecule has 0 saturated carbocycles. The number of carbonyl (C=O) groups excluding carboxylic acids is 2. The smallest absolute Gasteiger partial charge is 0.223 e. The molecule has 1 aliphatic rings. The molecular formula is C19H28FN3O2. The molecule has 6 heteroatoms. The van der Waals surface area contributed by atoms with Gasteiger partial charge in [0.25, 0.3) is 0 Å². The topological polar surface area (TPSA) is 52.7 Å². The Morgan fingerprint density at radius 1 is 1.28 bits per heavy atom. The van der Waals surface area contributed by atoms with Gasteiger partial charge in [0.2, 0.25) is 11.8 Å². The molecule has 1 aliphatic heterocycles. The van der Waals surface area contributed by atoms with E-state index in [0.29, 0.717) is 45.4 Å². The normalized spacial score (nSPS) is 17.4. The number of amides is 2. The zero-order valence-corrected chi connectivity index (χ0v) is 15.1. The van der Waals surface area contributed by atoms with Crippen LogP contribution in [-0.4, -0.2) is 54.3 Å². The Kier molecular flexibility index (Phi) is 7.37. The summed E-state index contributed by atoms with van der Waals surface area (Å²) in [6, 6.07) is 6.26. The highest BCUT2D eigenvalue weighted by molar-refractivity contribution is 5.79. The standard InChI is InChI=1S/C19H28FN3O2/c1-3-22(4-2)18(24)9-6-10-19(25)23-12-11-21-14-17(23)15-7-5-8-16(20)13-15/h5,7-8,13,17,21H,3-4,6,9-12,14H2,1-2H3. The van der Waals surface area contributed by atoms with Crippen molar-refractivity contribution in [3.63, 3.8) is 0 Å². The number of hydrogen-bond donors (Lipinski definition) is 1. The second kappa shape index (κ2) is 9.51. The van der Waals surface area contributed by atoms with Crippen molar-refractivity contribution in [3.8, 4) is 0 Å². The summed E-state index contributed by atoms with van der Waals surface area (Å²) in [5.74, 6) is -0.164. The number of nitrogens with zero attached hydrogens (tertiary/aromatic N) is 2. The lowest BCUT2D eigenvalue weighted by Crippen LogP contribution is -2.48. The molecule has 0 aromatic heterocycles. The number of benzene rings is 1. The highest BCUT2D eigenvalue weighted by Gasteiger charge is 2.27. The molecule has 1 heterocycles. The number of piperazine rings is 1. The van der Waals surface area contributed by atoms with E-state index in [4.69, 9.17) is 0 Å². The molecule has 2 amide bonds. The molecule has 1 N–H and O–H groups in total. The lowest BCUT2D eigenvalue weighted by molar-refractivity contribution is -0.135. The van der Waals surface area contributed by atoms with Gasteiger partial charge in [-0.25, -0.2) is 4.39 Å². The predicted molar refractivity (Wildman–Crippen MR) is 95.5 cm³/mol. The second-order valence-corrected chi connectivity index (χ2v) is 6.28. The lowest BCUT2D eigenvalue weighted by Gasteiger charge is -2.36. The van der Waals surface area contributed by atoms with Gasteiger partial charge in [-0.05, 0) is 38.0 Å². The lowest BCUT2D eigenvalue weighted by atomic mass is 10.0. The van der Waals surface area contributed by atoms with Crippen LogP contribution in [0.2, 0.25) is 0 Å². The first kappa shape index (κ1) is 19.4. The van der Waals surface area contributed by atoms with E-state index in [1.165, 1.54) is 12.1 Å². The van der Waals surface area contributed by atoms with Gasteiger partial charge in [-0.1, -0.05) is 12.1 Å². The van der Waals surface area contributed by atoms with Crippen molar-refractivity contribution in [2.45, 2.75) is 39.2 Å². The summed E-state index contributed by atoms with van der Waals surface area (Å²) in [7, 11) is 0. The number of halogens is 1. The first-order chi connectivity index (χ1) is 12.1. The molecule has 25 heavy (non-hydrogen) atoms. The fourth-order valence-corrected chi connectivity index (χ4v) is 3.28. The summed E-state index contributed by atoms with van der Waals surface area (Å²) in [4.78, 5) is 28.3. The predicted octanol–water partition coefficient (Wildman–Crippen LogP) is 2.34. The second-order valence-electron chi connectivity index (χ2n) is 6.28. The van der Waals surface area contributed by atoms with Crippen LogP contribution in [0.25, 0.3) is 0 Å². The van der Waals surface area contributed by atoms with E-state index in [9.17, 15) is 14.0 Å². The van der Waals surface area contributed by atoms with Crippen LogP contribution in [-0.2, 0) is 9.59 Å². The van der Waals surface area contributed by atoms with E-state index in [-0.39, 0.29) is 23.7 Å². The van der Waals surface area contributed by atoms with Crippen molar-refractivity contribution in [2.24, 2.45) is 0 Å². The average Bonchev–Trinajstić information content (AvgIpc) is 2.62. The number of hydrogen-bond acceptors (Lipinski definition) is 3. The van der Waals surface area contributed by atoms with Crippen molar-refractivity contribution in [1.29, 1.82) is 0 Å². The third kappa shape index (κ3) is 5.26. The van der Waals surface area contributed by atoms with Crippen molar-refractivity contribution in [2.75, 3.05) is 32.7 Å². The van der Waals surface area contributed by atoms with Crippen LogP contribution in [0.4, 0.5) is 4.39 Å². The fraction of sp³-hybridized carbons (Fsp3) is 0.579. The van der Waals surface area contributed by atoms with E-state index >= 15 is 0 Å². The summed E-state index contributed by atoms with van der Waals surface area (Å²) in [6.07, 6.45) is 1.29. The first-order valence-corrected chi connectivity index (χ1v) is 9.10. The van der Waals surface area contributed by atoms with Crippen molar-refractivity contribution < 1.29 is 14.0 Å². The maximum atomic E-state index is 13.5. The molecule has 0 bridgehead atoms. The summed E-state index contributed by atoms with van der Waals surface area (Å²) in [5, 5.41) is 3.26. The first-order valence-electron chi connectivity index (χ1n) is 9.10. The Hall–Kier alpha value is -1.95. The SMILES string of the molecule is CCN(CC)C(=O)CCCC(=O)N1CCNCC1c1cccc(F)c1. The van der Waals surface area contributed by atoms with Crippen molar-refractivity contribution in [3.05, 3.63) is 35.6 Å². The number of rotatable bonds is 7. The van der Waals surface area contributed by atoms with Crippen LogP contribution >= 0.6 is 0 Å². The van der Waals surface area contributed by atoms with Crippen LogP contribution < -0.4 is 5.32 Å². The molecule has 1 aromatic carbocycles. The third-order valence-electron chi connectivity index (χ3n) is 4.69. The minimum atomic E-state index is -0.291. The molecule has 2 rings (SSSR count). The molecule has 1 unspecified atom stereocenters. The van der Waals surface area contributed by atoms with Crippen LogP contribution in [0.3, 0.4) is 0 Å². The molecule has 138 valence electrons. The third-order valence-corrected chi connectivity index (χ3v) is 4.69. The van der Waals surface area contributed by atoms with Gasteiger partial charge < -0.3 is 15.1 Å². The van der Waals surface area contributed by atoms with Crippen molar-refractivity contribution >= 4 is 11.8 Å². The van der Waals surface area contributed by atoms with Gasteiger partial charge in [-0.15, -0.1) is 0 Å². The molecule has 0 radical (unpaired) electrons. The maximum absolute atomic E-state index is 13.5. The molecule has 1 saturated heterocycles. The summed E-state index contributed by atoms with van der Waals surface area (Å²) in [5.41, 5.74) is 0.805. The Bertz CT molecular complexity index is 590. The van der Waals surface area contributed by atoms with Gasteiger partial charge >= 0.3 is 0 Å². The number of nitrogens with one attached hydrogen (secondary N) is 1. The monoisotopic (exact) mass is 349 g/mol. The van der Waals surface area contributed by atoms with Gasteiger partial charge in [0.05, 0.1) is 6.04 Å². The zero-order valence-electron chi connectivity index (χ0n) is 15.1. The average molecular weight is 349 g/mol. The molecule has 1 atom stereocenters. The highest BCUT2D eigenvalue weighted by atomic mass is 19.1. The summed E-state index contributed by atoms with van der Waals surface area (Å²) < 4.78 is 13.5. The number of carbonyl (C=O) groups is 2. The maximum Gasteiger partial charge on any atom is 0.223 e. The van der Waals surface area contributed by atoms with E-state index in [0.717, 1.165) is 12.1 Å². The van der Waals surface area contributed by atoms with E-state index in [1.54, 1.807) is 11.0 Å². The quantitative estimate of drug-likeness (QED) is 0.822. The molecule has 0 aliphatic carbocycles. The van der Waals surface area contributed by atoms with Crippen LogP contribution in [0.1, 0.15) is 44.7 Å². The van der Waals surface area contributed by atoms with Crippen molar-refractivity contribution in [1.82, 2.24) is 15.1 Å². The molecule has 1 aromatic rings. The van der Waals surface area contributed by atoms with E-state index < -0.39 is 0 Å². The Morgan fingerprint density at radius 2 is 2.04 bits per heavy atom. The van der Waals surface area contributed by atoms with Crippen LogP contribution in [0.5, 0.6) is 0 Å². The molecule has 5 nitrogen and oxygen atoms in total. The van der Waals surface area contributed by atoms with E-state index in [2.05, 4.69) is 5.32 Å². The van der Waals surface area contributed by atoms with Crippen LogP contribution in [0.15, 0.2) is 24.3 Å². The summed E-state index contributed by atoms with van der Waals surface area (Å²) in [6.45, 7) is 7.26. The molecular weight excluding hydrogens is 321 g/mol. The Labute approximate surface area is 149 Å². The van der Waals surface area contributed by atoms with Crippen LogP contribution in [0, 0.1) is 5.82 Å².